The van der Waals surface area contributed by atoms with E-state index in [-0.39, 0.29) is 31.9 Å². The molecule has 1 amide bonds. The van der Waals surface area contributed by atoms with E-state index in [2.05, 4.69) is 0 Å². The number of rotatable bonds is 4. The summed E-state index contributed by atoms with van der Waals surface area (Å²) in [7, 11) is -4.15. The Morgan fingerprint density at radius 3 is 2.21 bits per heavy atom. The molecule has 0 aliphatic carbocycles. The van der Waals surface area contributed by atoms with E-state index in [4.69, 9.17) is 4.42 Å². The number of sulfonamides is 1. The van der Waals surface area contributed by atoms with Crippen molar-refractivity contribution in [1.82, 2.24) is 9.21 Å². The molecule has 33 heavy (non-hydrogen) atoms. The Morgan fingerprint density at radius 2 is 1.58 bits per heavy atom. The monoisotopic (exact) mass is 482 g/mol. The summed E-state index contributed by atoms with van der Waals surface area (Å²) in [6.07, 6.45) is -4.66. The number of halogens is 4. The molecule has 0 radical (unpaired) electrons. The molecule has 0 spiro atoms. The van der Waals surface area contributed by atoms with Gasteiger partial charge in [0.15, 0.2) is 5.76 Å². The third-order valence-electron chi connectivity index (χ3n) is 5.27. The van der Waals surface area contributed by atoms with E-state index >= 15 is 0 Å². The first-order valence-corrected chi connectivity index (χ1v) is 11.3. The highest BCUT2D eigenvalue weighted by Crippen LogP contribution is 2.31. The molecule has 0 N–H and O–H groups in total. The standard InChI is InChI=1S/C22H18F4N2O4S/c23-17-6-4-15(5-7-17)19-8-9-20(32-19)21(29)27-10-12-28(13-11-27)33(30,31)18-3-1-2-16(14-18)22(24,25)26/h1-9,14H,10-13H2. The average molecular weight is 482 g/mol. The van der Waals surface area contributed by atoms with Gasteiger partial charge < -0.3 is 9.32 Å². The van der Waals surface area contributed by atoms with E-state index < -0.39 is 38.4 Å². The van der Waals surface area contributed by atoms with Crippen LogP contribution in [0.25, 0.3) is 11.3 Å². The summed E-state index contributed by atoms with van der Waals surface area (Å²) in [4.78, 5) is 13.7. The summed E-state index contributed by atoms with van der Waals surface area (Å²) in [5.74, 6) is -0.424. The number of nitrogens with zero attached hydrogens (tertiary/aromatic N) is 2. The first-order chi connectivity index (χ1) is 15.6. The Balaban J connectivity index is 1.43. The van der Waals surface area contributed by atoms with Crippen LogP contribution in [-0.4, -0.2) is 49.7 Å². The lowest BCUT2D eigenvalue weighted by Crippen LogP contribution is -2.50. The fourth-order valence-corrected chi connectivity index (χ4v) is 4.96. The molecule has 3 aromatic rings. The van der Waals surface area contributed by atoms with Gasteiger partial charge in [-0.05, 0) is 54.6 Å². The number of benzene rings is 2. The minimum Gasteiger partial charge on any atom is -0.451 e. The minimum atomic E-state index is -4.66. The molecular weight excluding hydrogens is 464 g/mol. The van der Waals surface area contributed by atoms with E-state index in [1.54, 1.807) is 6.07 Å². The fourth-order valence-electron chi connectivity index (χ4n) is 3.49. The Bertz CT molecular complexity index is 1260. The Morgan fingerprint density at radius 1 is 0.909 bits per heavy atom. The summed E-state index contributed by atoms with van der Waals surface area (Å²) >= 11 is 0. The fraction of sp³-hybridized carbons (Fsp3) is 0.227. The summed E-state index contributed by atoms with van der Waals surface area (Å²) < 4.78 is 84.2. The smallest absolute Gasteiger partial charge is 0.416 e. The van der Waals surface area contributed by atoms with Crippen molar-refractivity contribution in [2.24, 2.45) is 0 Å². The molecule has 1 saturated heterocycles. The van der Waals surface area contributed by atoms with Gasteiger partial charge in [-0.15, -0.1) is 0 Å². The zero-order valence-electron chi connectivity index (χ0n) is 17.0. The average Bonchev–Trinajstić information content (AvgIpc) is 3.29. The summed E-state index contributed by atoms with van der Waals surface area (Å²) in [5, 5.41) is 0. The maximum Gasteiger partial charge on any atom is 0.416 e. The topological polar surface area (TPSA) is 70.8 Å². The number of carbonyl (C=O) groups is 1. The Labute approximate surface area is 187 Å². The number of hydrogen-bond donors (Lipinski definition) is 0. The second kappa shape index (κ2) is 8.64. The summed E-state index contributed by atoms with van der Waals surface area (Å²) in [6.45, 7) is -0.0566. The zero-order chi connectivity index (χ0) is 23.8. The lowest BCUT2D eigenvalue weighted by molar-refractivity contribution is -0.137. The molecule has 4 rings (SSSR count). The van der Waals surface area contributed by atoms with Crippen molar-refractivity contribution < 1.29 is 35.2 Å². The molecule has 1 aliphatic rings. The molecule has 11 heteroatoms. The van der Waals surface area contributed by atoms with Crippen LogP contribution in [0.15, 0.2) is 70.0 Å². The number of alkyl halides is 3. The Kier molecular flexibility index (Phi) is 6.02. The normalized spacial score (nSPS) is 15.6. The van der Waals surface area contributed by atoms with Gasteiger partial charge in [-0.2, -0.15) is 17.5 Å². The summed E-state index contributed by atoms with van der Waals surface area (Å²) in [5.41, 5.74) is -0.459. The minimum absolute atomic E-state index is 0.0449. The second-order valence-electron chi connectivity index (χ2n) is 7.39. The van der Waals surface area contributed by atoms with Crippen LogP contribution >= 0.6 is 0 Å². The molecule has 1 fully saturated rings. The van der Waals surface area contributed by atoms with Gasteiger partial charge in [0.1, 0.15) is 11.6 Å². The molecule has 2 heterocycles. The van der Waals surface area contributed by atoms with Crippen molar-refractivity contribution in [3.63, 3.8) is 0 Å². The first-order valence-electron chi connectivity index (χ1n) is 9.88. The van der Waals surface area contributed by atoms with Crippen LogP contribution < -0.4 is 0 Å². The predicted molar refractivity (Wildman–Crippen MR) is 110 cm³/mol. The molecule has 0 saturated carbocycles. The van der Waals surface area contributed by atoms with Crippen LogP contribution in [0.5, 0.6) is 0 Å². The number of carbonyl (C=O) groups excluding carboxylic acids is 1. The van der Waals surface area contributed by atoms with E-state index in [9.17, 15) is 30.8 Å². The van der Waals surface area contributed by atoms with Crippen LogP contribution in [0, 0.1) is 5.82 Å². The maximum absolute atomic E-state index is 13.1. The van der Waals surface area contributed by atoms with Crippen LogP contribution in [0.2, 0.25) is 0 Å². The van der Waals surface area contributed by atoms with Gasteiger partial charge in [0.05, 0.1) is 10.5 Å². The van der Waals surface area contributed by atoms with Crippen molar-refractivity contribution in [2.75, 3.05) is 26.2 Å². The number of furan rings is 1. The lowest BCUT2D eigenvalue weighted by Gasteiger charge is -2.33. The highest BCUT2D eigenvalue weighted by molar-refractivity contribution is 7.89. The van der Waals surface area contributed by atoms with Crippen molar-refractivity contribution >= 4 is 15.9 Å². The third-order valence-corrected chi connectivity index (χ3v) is 7.17. The lowest BCUT2D eigenvalue weighted by atomic mass is 10.2. The van der Waals surface area contributed by atoms with E-state index in [0.29, 0.717) is 17.4 Å². The van der Waals surface area contributed by atoms with Crippen molar-refractivity contribution in [3.8, 4) is 11.3 Å². The third kappa shape index (κ3) is 4.79. The maximum atomic E-state index is 13.1. The molecule has 2 aromatic carbocycles. The number of amides is 1. The molecular formula is C22H18F4N2O4S. The van der Waals surface area contributed by atoms with E-state index in [0.717, 1.165) is 22.5 Å². The number of hydrogen-bond acceptors (Lipinski definition) is 4. The van der Waals surface area contributed by atoms with Gasteiger partial charge >= 0.3 is 6.18 Å². The molecule has 0 unspecified atom stereocenters. The highest BCUT2D eigenvalue weighted by Gasteiger charge is 2.35. The van der Waals surface area contributed by atoms with Gasteiger partial charge in [0, 0.05) is 31.7 Å². The van der Waals surface area contributed by atoms with Gasteiger partial charge in [0.2, 0.25) is 10.0 Å². The van der Waals surface area contributed by atoms with E-state index in [1.807, 2.05) is 0 Å². The van der Waals surface area contributed by atoms with Crippen molar-refractivity contribution in [1.29, 1.82) is 0 Å². The van der Waals surface area contributed by atoms with Gasteiger partial charge in [-0.3, -0.25) is 4.79 Å². The molecule has 0 bridgehead atoms. The predicted octanol–water partition coefficient (Wildman–Crippen LogP) is 4.25. The van der Waals surface area contributed by atoms with Gasteiger partial charge in [-0.1, -0.05) is 6.07 Å². The zero-order valence-corrected chi connectivity index (χ0v) is 17.9. The van der Waals surface area contributed by atoms with Crippen molar-refractivity contribution in [2.45, 2.75) is 11.1 Å². The first kappa shape index (κ1) is 23.0. The van der Waals surface area contributed by atoms with Crippen molar-refractivity contribution in [3.05, 3.63) is 77.8 Å². The molecule has 174 valence electrons. The highest BCUT2D eigenvalue weighted by atomic mass is 32.2. The Hall–Kier alpha value is -3.18. The quantitative estimate of drug-likeness (QED) is 0.522. The molecule has 1 aromatic heterocycles. The molecule has 0 atom stereocenters. The number of piperazine rings is 1. The summed E-state index contributed by atoms with van der Waals surface area (Å²) in [6, 6.07) is 12.2. The second-order valence-corrected chi connectivity index (χ2v) is 9.33. The largest absolute Gasteiger partial charge is 0.451 e. The molecule has 6 nitrogen and oxygen atoms in total. The van der Waals surface area contributed by atoms with Crippen LogP contribution in [0.3, 0.4) is 0 Å². The molecule has 1 aliphatic heterocycles. The van der Waals surface area contributed by atoms with Crippen LogP contribution in [0.4, 0.5) is 17.6 Å². The SMILES string of the molecule is O=C(c1ccc(-c2ccc(F)cc2)o1)N1CCN(S(=O)(=O)c2cccc(C(F)(F)F)c2)CC1. The van der Waals surface area contributed by atoms with Crippen LogP contribution in [0.1, 0.15) is 16.1 Å². The van der Waals surface area contributed by atoms with E-state index in [1.165, 1.54) is 35.2 Å². The van der Waals surface area contributed by atoms with Gasteiger partial charge in [-0.25, -0.2) is 12.8 Å². The van der Waals surface area contributed by atoms with Gasteiger partial charge in [0.25, 0.3) is 5.91 Å². The van der Waals surface area contributed by atoms with Crippen LogP contribution in [-0.2, 0) is 16.2 Å².